The molecule has 1 amide bonds. The van der Waals surface area contributed by atoms with Crippen molar-refractivity contribution >= 4 is 5.91 Å². The number of rotatable bonds is 2. The van der Waals surface area contributed by atoms with Gasteiger partial charge in [-0.25, -0.2) is 4.68 Å². The van der Waals surface area contributed by atoms with Crippen LogP contribution in [0.5, 0.6) is 0 Å². The van der Waals surface area contributed by atoms with Crippen LogP contribution in [-0.4, -0.2) is 46.8 Å². The third-order valence-electron chi connectivity index (χ3n) is 5.40. The fourth-order valence-corrected chi connectivity index (χ4v) is 3.94. The molecule has 28 heavy (non-hydrogen) atoms. The Hall–Kier alpha value is -2.68. The molecule has 2 aromatic rings. The van der Waals surface area contributed by atoms with Gasteiger partial charge in [-0.2, -0.15) is 18.3 Å². The first kappa shape index (κ1) is 18.7. The number of aryl methyl sites for hydroxylation is 1. The van der Waals surface area contributed by atoms with Crippen LogP contribution in [0.25, 0.3) is 5.69 Å². The van der Waals surface area contributed by atoms with Gasteiger partial charge in [0.2, 0.25) is 5.43 Å². The van der Waals surface area contributed by atoms with Gasteiger partial charge in [0.25, 0.3) is 5.91 Å². The Bertz CT molecular complexity index is 974. The number of aromatic nitrogens is 2. The lowest BCUT2D eigenvalue weighted by molar-refractivity contribution is -0.137. The molecule has 2 fully saturated rings. The molecule has 0 bridgehead atoms. The van der Waals surface area contributed by atoms with Gasteiger partial charge in [0.15, 0.2) is 5.69 Å². The molecule has 1 N–H and O–H groups in total. The minimum absolute atomic E-state index is 0.142. The summed E-state index contributed by atoms with van der Waals surface area (Å²) >= 11 is 0. The van der Waals surface area contributed by atoms with Crippen LogP contribution in [-0.2, 0) is 6.18 Å². The van der Waals surface area contributed by atoms with Crippen LogP contribution in [0.3, 0.4) is 0 Å². The van der Waals surface area contributed by atoms with Gasteiger partial charge in [-0.05, 0) is 37.0 Å². The van der Waals surface area contributed by atoms with Crippen molar-refractivity contribution in [2.75, 3.05) is 26.2 Å². The number of carbonyl (C=O) groups excluding carboxylic acids is 1. The van der Waals surface area contributed by atoms with Gasteiger partial charge in [0.05, 0.1) is 11.3 Å². The number of nitrogens with zero attached hydrogens (tertiary/aromatic N) is 3. The molecule has 1 aromatic heterocycles. The highest BCUT2D eigenvalue weighted by molar-refractivity contribution is 5.92. The quantitative estimate of drug-likeness (QED) is 0.847. The smallest absolute Gasteiger partial charge is 0.336 e. The van der Waals surface area contributed by atoms with Crippen molar-refractivity contribution in [3.05, 3.63) is 57.5 Å². The average Bonchev–Trinajstić information content (AvgIpc) is 3.22. The first-order valence-corrected chi connectivity index (χ1v) is 9.02. The maximum absolute atomic E-state index is 13.0. The number of nitrogens with one attached hydrogen (secondary N) is 1. The molecular weight excluding hydrogens is 373 g/mol. The number of hydrogen-bond donors (Lipinski definition) is 1. The largest absolute Gasteiger partial charge is 0.416 e. The molecule has 1 aromatic carbocycles. The van der Waals surface area contributed by atoms with Crippen LogP contribution < -0.4 is 10.7 Å². The molecule has 2 aliphatic heterocycles. The summed E-state index contributed by atoms with van der Waals surface area (Å²) in [7, 11) is 0. The normalized spacial score (nSPS) is 21.8. The standard InChI is InChI=1S/C19H19F3N4O2/c1-11-5-16(27)17(18(28)25-9-12-7-23-8-13(12)10-25)24-26(11)15-4-2-3-14(6-15)19(20,21)22/h2-6,12-13,23H,7-10H2,1H3/t12-,13+. The molecule has 0 radical (unpaired) electrons. The highest BCUT2D eigenvalue weighted by Crippen LogP contribution is 2.30. The SMILES string of the molecule is Cc1cc(=O)c(C(=O)N2C[C@H]3CNC[C@H]3C2)nn1-c1cccc(C(F)(F)F)c1. The number of benzene rings is 1. The number of carbonyl (C=O) groups is 1. The number of halogens is 3. The highest BCUT2D eigenvalue weighted by atomic mass is 19.4. The fourth-order valence-electron chi connectivity index (χ4n) is 3.94. The monoisotopic (exact) mass is 392 g/mol. The Balaban J connectivity index is 1.69. The van der Waals surface area contributed by atoms with E-state index in [2.05, 4.69) is 10.4 Å². The van der Waals surface area contributed by atoms with E-state index in [-0.39, 0.29) is 11.4 Å². The lowest BCUT2D eigenvalue weighted by Gasteiger charge is -2.18. The Morgan fingerprint density at radius 2 is 1.86 bits per heavy atom. The van der Waals surface area contributed by atoms with Crippen molar-refractivity contribution in [3.8, 4) is 5.69 Å². The Labute approximate surface area is 159 Å². The summed E-state index contributed by atoms with van der Waals surface area (Å²) < 4.78 is 40.3. The summed E-state index contributed by atoms with van der Waals surface area (Å²) in [5.41, 5.74) is -1.12. The van der Waals surface area contributed by atoms with E-state index in [0.717, 1.165) is 25.2 Å². The zero-order valence-corrected chi connectivity index (χ0v) is 15.2. The van der Waals surface area contributed by atoms with Crippen LogP contribution in [0.4, 0.5) is 13.2 Å². The minimum Gasteiger partial charge on any atom is -0.336 e. The zero-order valence-electron chi connectivity index (χ0n) is 15.2. The van der Waals surface area contributed by atoms with Gasteiger partial charge in [-0.3, -0.25) is 9.59 Å². The molecule has 4 rings (SSSR count). The molecular formula is C19H19F3N4O2. The summed E-state index contributed by atoms with van der Waals surface area (Å²) in [6.07, 6.45) is -4.50. The second kappa shape index (κ2) is 6.73. The van der Waals surface area contributed by atoms with Crippen molar-refractivity contribution < 1.29 is 18.0 Å². The summed E-state index contributed by atoms with van der Waals surface area (Å²) in [6, 6.07) is 5.88. The Morgan fingerprint density at radius 3 is 2.50 bits per heavy atom. The molecule has 2 aliphatic rings. The van der Waals surface area contributed by atoms with Crippen molar-refractivity contribution in [2.24, 2.45) is 11.8 Å². The first-order chi connectivity index (χ1) is 13.2. The van der Waals surface area contributed by atoms with E-state index < -0.39 is 23.1 Å². The number of likely N-dealkylation sites (tertiary alicyclic amines) is 1. The van der Waals surface area contributed by atoms with E-state index in [1.165, 1.54) is 22.9 Å². The van der Waals surface area contributed by atoms with E-state index in [0.29, 0.717) is 30.6 Å². The first-order valence-electron chi connectivity index (χ1n) is 9.02. The summed E-state index contributed by atoms with van der Waals surface area (Å²) in [6.45, 7) is 4.34. The lowest BCUT2D eigenvalue weighted by Crippen LogP contribution is -2.36. The van der Waals surface area contributed by atoms with Crippen molar-refractivity contribution in [3.63, 3.8) is 0 Å². The lowest BCUT2D eigenvalue weighted by atomic mass is 10.0. The van der Waals surface area contributed by atoms with Crippen LogP contribution >= 0.6 is 0 Å². The summed E-state index contributed by atoms with van der Waals surface area (Å²) in [5, 5.41) is 7.41. The highest BCUT2D eigenvalue weighted by Gasteiger charge is 2.39. The van der Waals surface area contributed by atoms with E-state index in [1.54, 1.807) is 11.8 Å². The van der Waals surface area contributed by atoms with Crippen LogP contribution in [0, 0.1) is 18.8 Å². The minimum atomic E-state index is -4.50. The van der Waals surface area contributed by atoms with Crippen LogP contribution in [0.15, 0.2) is 35.1 Å². The third kappa shape index (κ3) is 3.30. The number of hydrogen-bond acceptors (Lipinski definition) is 4. The molecule has 0 spiro atoms. The van der Waals surface area contributed by atoms with Crippen molar-refractivity contribution in [1.82, 2.24) is 20.0 Å². The molecule has 3 heterocycles. The molecule has 2 atom stereocenters. The Kier molecular flexibility index (Phi) is 4.49. The van der Waals surface area contributed by atoms with Gasteiger partial charge in [-0.15, -0.1) is 0 Å². The molecule has 9 heteroatoms. The fraction of sp³-hybridized carbons (Fsp3) is 0.421. The van der Waals surface area contributed by atoms with Gasteiger partial charge >= 0.3 is 6.18 Å². The number of amides is 1. The predicted molar refractivity (Wildman–Crippen MR) is 95.3 cm³/mol. The van der Waals surface area contributed by atoms with E-state index in [9.17, 15) is 22.8 Å². The predicted octanol–water partition coefficient (Wildman–Crippen LogP) is 1.85. The second-order valence-corrected chi connectivity index (χ2v) is 7.35. The van der Waals surface area contributed by atoms with Gasteiger partial charge in [0.1, 0.15) is 0 Å². The molecule has 148 valence electrons. The van der Waals surface area contributed by atoms with Crippen LogP contribution in [0.1, 0.15) is 21.7 Å². The maximum atomic E-state index is 13.0. The van der Waals surface area contributed by atoms with Gasteiger partial charge in [0, 0.05) is 37.9 Å². The zero-order chi connectivity index (χ0) is 20.1. The van der Waals surface area contributed by atoms with Gasteiger partial charge in [-0.1, -0.05) is 6.07 Å². The maximum Gasteiger partial charge on any atom is 0.416 e. The van der Waals surface area contributed by atoms with E-state index >= 15 is 0 Å². The summed E-state index contributed by atoms with van der Waals surface area (Å²) in [5.74, 6) is 0.250. The molecule has 2 saturated heterocycles. The molecule has 0 aliphatic carbocycles. The Morgan fingerprint density at radius 1 is 1.18 bits per heavy atom. The van der Waals surface area contributed by atoms with Crippen molar-refractivity contribution in [1.29, 1.82) is 0 Å². The topological polar surface area (TPSA) is 67.2 Å². The van der Waals surface area contributed by atoms with Crippen molar-refractivity contribution in [2.45, 2.75) is 13.1 Å². The average molecular weight is 392 g/mol. The number of fused-ring (bicyclic) bond motifs is 1. The van der Waals surface area contributed by atoms with Gasteiger partial charge < -0.3 is 10.2 Å². The second-order valence-electron chi connectivity index (χ2n) is 7.35. The number of alkyl halides is 3. The summed E-state index contributed by atoms with van der Waals surface area (Å²) in [4.78, 5) is 26.9. The molecule has 0 saturated carbocycles. The third-order valence-corrected chi connectivity index (χ3v) is 5.40. The van der Waals surface area contributed by atoms with E-state index in [4.69, 9.17) is 0 Å². The van der Waals surface area contributed by atoms with E-state index in [1.807, 2.05) is 0 Å². The molecule has 6 nitrogen and oxygen atoms in total. The molecule has 0 unspecified atom stereocenters. The van der Waals surface area contributed by atoms with Crippen LogP contribution in [0.2, 0.25) is 0 Å².